The van der Waals surface area contributed by atoms with Crippen molar-refractivity contribution in [3.63, 3.8) is 0 Å². The predicted molar refractivity (Wildman–Crippen MR) is 53.0 cm³/mol. The van der Waals surface area contributed by atoms with E-state index in [9.17, 15) is 8.09 Å². The van der Waals surface area contributed by atoms with Crippen LogP contribution in [0.25, 0.3) is 0 Å². The minimum atomic E-state index is -3.53. The van der Waals surface area contributed by atoms with Crippen LogP contribution in [0.1, 0.15) is 18.1 Å². The molecule has 1 unspecified atom stereocenters. The van der Waals surface area contributed by atoms with Crippen molar-refractivity contribution >= 4 is 15.3 Å². The Labute approximate surface area is 78.1 Å². The number of hydrogen-bond donors (Lipinski definition) is 0. The topological polar surface area (TPSA) is 30.0 Å². The van der Waals surface area contributed by atoms with Crippen molar-refractivity contribution in [1.29, 1.82) is 0 Å². The van der Waals surface area contributed by atoms with Crippen LogP contribution in [0.15, 0.2) is 17.3 Å². The molecular weight excluding hydrogens is 189 g/mol. The van der Waals surface area contributed by atoms with E-state index >= 15 is 0 Å². The van der Waals surface area contributed by atoms with Crippen LogP contribution in [-0.4, -0.2) is 14.6 Å². The van der Waals surface area contributed by atoms with E-state index < -0.39 is 9.91 Å². The fourth-order valence-corrected chi connectivity index (χ4v) is 2.02. The first kappa shape index (κ1) is 10.2. The SMILES string of the molecule is CC=S(=O)(F)c1ncc(C)cc1C. The largest absolute Gasteiger partial charge is 0.245 e. The standard InChI is InChI=1S/C9H12FNOS/c1-4-13(10,12)9-8(3)5-7(2)6-11-9/h4-6H,1-3H3. The van der Waals surface area contributed by atoms with Crippen molar-refractivity contribution in [3.8, 4) is 0 Å². The lowest BCUT2D eigenvalue weighted by Crippen LogP contribution is -2.01. The zero-order valence-corrected chi connectivity index (χ0v) is 8.69. The van der Waals surface area contributed by atoms with Gasteiger partial charge in [0.15, 0.2) is 14.9 Å². The third-order valence-corrected chi connectivity index (χ3v) is 3.29. The number of halogens is 1. The molecule has 0 aliphatic carbocycles. The van der Waals surface area contributed by atoms with E-state index in [2.05, 4.69) is 4.98 Å². The lowest BCUT2D eigenvalue weighted by atomic mass is 10.2. The Balaban J connectivity index is 3.42. The van der Waals surface area contributed by atoms with Crippen LogP contribution >= 0.6 is 0 Å². The minimum Gasteiger partial charge on any atom is -0.245 e. The van der Waals surface area contributed by atoms with Crippen LogP contribution in [0.4, 0.5) is 3.89 Å². The van der Waals surface area contributed by atoms with Gasteiger partial charge in [-0.2, -0.15) is 0 Å². The van der Waals surface area contributed by atoms with Crippen molar-refractivity contribution in [3.05, 3.63) is 23.4 Å². The fourth-order valence-electron chi connectivity index (χ4n) is 1.11. The Morgan fingerprint density at radius 3 is 2.62 bits per heavy atom. The Kier molecular flexibility index (Phi) is 2.71. The summed E-state index contributed by atoms with van der Waals surface area (Å²) in [4.78, 5) is 3.84. The summed E-state index contributed by atoms with van der Waals surface area (Å²) in [5, 5.41) is 1.10. The third-order valence-electron chi connectivity index (χ3n) is 1.73. The van der Waals surface area contributed by atoms with E-state index in [1.54, 1.807) is 13.0 Å². The molecule has 0 aromatic carbocycles. The maximum Gasteiger partial charge on any atom is 0.167 e. The number of hydrogen-bond acceptors (Lipinski definition) is 2. The summed E-state index contributed by atoms with van der Waals surface area (Å²) in [7, 11) is -3.53. The average molecular weight is 201 g/mol. The highest BCUT2D eigenvalue weighted by atomic mass is 32.2. The van der Waals surface area contributed by atoms with Gasteiger partial charge in [0.25, 0.3) is 0 Å². The van der Waals surface area contributed by atoms with Crippen LogP contribution in [0, 0.1) is 13.8 Å². The van der Waals surface area contributed by atoms with Gasteiger partial charge >= 0.3 is 0 Å². The van der Waals surface area contributed by atoms with Crippen molar-refractivity contribution < 1.29 is 8.09 Å². The molecule has 1 atom stereocenters. The van der Waals surface area contributed by atoms with E-state index in [0.29, 0.717) is 5.56 Å². The van der Waals surface area contributed by atoms with E-state index in [1.807, 2.05) is 6.92 Å². The van der Waals surface area contributed by atoms with Crippen LogP contribution in [0.5, 0.6) is 0 Å². The molecule has 0 saturated heterocycles. The summed E-state index contributed by atoms with van der Waals surface area (Å²) in [5.74, 6) is 0. The van der Waals surface area contributed by atoms with Crippen LogP contribution < -0.4 is 0 Å². The lowest BCUT2D eigenvalue weighted by molar-refractivity contribution is 0.640. The third kappa shape index (κ3) is 2.06. The van der Waals surface area contributed by atoms with E-state index in [0.717, 1.165) is 10.9 Å². The summed E-state index contributed by atoms with van der Waals surface area (Å²) in [5.41, 5.74) is 1.57. The van der Waals surface area contributed by atoms with E-state index in [-0.39, 0.29) is 5.03 Å². The molecule has 1 heterocycles. The molecular formula is C9H12FNOS. The van der Waals surface area contributed by atoms with Gasteiger partial charge in [0.1, 0.15) is 0 Å². The van der Waals surface area contributed by atoms with Crippen LogP contribution in [0.2, 0.25) is 0 Å². The van der Waals surface area contributed by atoms with Gasteiger partial charge in [-0.1, -0.05) is 6.07 Å². The molecule has 13 heavy (non-hydrogen) atoms. The first-order valence-corrected chi connectivity index (χ1v) is 5.46. The van der Waals surface area contributed by atoms with Crippen molar-refractivity contribution in [2.24, 2.45) is 0 Å². The molecule has 0 N–H and O–H groups in total. The van der Waals surface area contributed by atoms with Gasteiger partial charge in [-0.15, -0.1) is 3.89 Å². The highest BCUT2D eigenvalue weighted by Gasteiger charge is 2.11. The normalized spacial score (nSPS) is 15.1. The van der Waals surface area contributed by atoms with Gasteiger partial charge in [-0.3, -0.25) is 0 Å². The molecule has 0 saturated carbocycles. The van der Waals surface area contributed by atoms with E-state index in [4.69, 9.17) is 0 Å². The number of aromatic nitrogens is 1. The smallest absolute Gasteiger partial charge is 0.167 e. The Morgan fingerprint density at radius 1 is 1.54 bits per heavy atom. The summed E-state index contributed by atoms with van der Waals surface area (Å²) in [6.07, 6.45) is 1.52. The summed E-state index contributed by atoms with van der Waals surface area (Å²) in [6.45, 7) is 5.00. The van der Waals surface area contributed by atoms with Crippen LogP contribution in [-0.2, 0) is 9.91 Å². The van der Waals surface area contributed by atoms with Gasteiger partial charge in [0, 0.05) is 11.6 Å². The maximum atomic E-state index is 13.4. The highest BCUT2D eigenvalue weighted by Crippen LogP contribution is 2.15. The number of rotatable bonds is 1. The average Bonchev–Trinajstić information content (AvgIpc) is 2.03. The molecule has 1 aromatic heterocycles. The molecule has 0 aliphatic heterocycles. The van der Waals surface area contributed by atoms with Gasteiger partial charge in [-0.25, -0.2) is 9.19 Å². The van der Waals surface area contributed by atoms with Crippen molar-refractivity contribution in [2.45, 2.75) is 25.8 Å². The summed E-state index contributed by atoms with van der Waals surface area (Å²) < 4.78 is 24.7. The zero-order chi connectivity index (χ0) is 10.1. The molecule has 0 aliphatic rings. The second-order valence-corrected chi connectivity index (χ2v) is 4.81. The fraction of sp³-hybridized carbons (Fsp3) is 0.333. The second-order valence-electron chi connectivity index (χ2n) is 2.90. The quantitative estimate of drug-likeness (QED) is 0.514. The molecule has 0 amide bonds. The molecule has 0 spiro atoms. The Bertz CT molecular complexity index is 433. The predicted octanol–water partition coefficient (Wildman–Crippen LogP) is 2.05. The molecule has 4 heteroatoms. The molecule has 2 nitrogen and oxygen atoms in total. The van der Waals surface area contributed by atoms with E-state index in [1.165, 1.54) is 13.1 Å². The zero-order valence-electron chi connectivity index (χ0n) is 7.87. The summed E-state index contributed by atoms with van der Waals surface area (Å²) in [6, 6.07) is 1.77. The van der Waals surface area contributed by atoms with Gasteiger partial charge < -0.3 is 0 Å². The number of nitrogens with zero attached hydrogens (tertiary/aromatic N) is 1. The molecule has 0 fully saturated rings. The maximum absolute atomic E-state index is 13.4. The monoisotopic (exact) mass is 201 g/mol. The van der Waals surface area contributed by atoms with Crippen molar-refractivity contribution in [1.82, 2.24) is 4.98 Å². The minimum absolute atomic E-state index is 0.0422. The highest BCUT2D eigenvalue weighted by molar-refractivity contribution is 7.96. The van der Waals surface area contributed by atoms with Gasteiger partial charge in [0.05, 0.1) is 0 Å². The molecule has 0 bridgehead atoms. The first-order valence-electron chi connectivity index (χ1n) is 3.94. The van der Waals surface area contributed by atoms with Gasteiger partial charge in [0.2, 0.25) is 0 Å². The molecule has 1 rings (SSSR count). The molecule has 1 aromatic rings. The second kappa shape index (κ2) is 3.46. The summed E-state index contributed by atoms with van der Waals surface area (Å²) >= 11 is 0. The van der Waals surface area contributed by atoms with Crippen LogP contribution in [0.3, 0.4) is 0 Å². The van der Waals surface area contributed by atoms with Gasteiger partial charge in [-0.05, 0) is 31.9 Å². The lowest BCUT2D eigenvalue weighted by Gasteiger charge is -2.04. The van der Waals surface area contributed by atoms with Crippen molar-refractivity contribution in [2.75, 3.05) is 0 Å². The molecule has 72 valence electrons. The molecule has 0 radical (unpaired) electrons. The number of pyridine rings is 1. The number of aryl methyl sites for hydroxylation is 2. The first-order chi connectivity index (χ1) is 5.97. The Morgan fingerprint density at radius 2 is 2.15 bits per heavy atom. The Hall–Kier alpha value is -0.900.